The zero-order valence-corrected chi connectivity index (χ0v) is 15.0. The van der Waals surface area contributed by atoms with Gasteiger partial charge in [0.2, 0.25) is 0 Å². The van der Waals surface area contributed by atoms with E-state index >= 15 is 0 Å². The number of aliphatic hydroxyl groups is 1. The molecule has 1 aromatic carbocycles. The summed E-state index contributed by atoms with van der Waals surface area (Å²) in [7, 11) is 0. The third-order valence-electron chi connectivity index (χ3n) is 5.36. The number of amides is 1. The summed E-state index contributed by atoms with van der Waals surface area (Å²) in [4.78, 5) is 12.7. The van der Waals surface area contributed by atoms with E-state index in [0.717, 1.165) is 36.3 Å². The number of nitrogens with one attached hydrogen (secondary N) is 2. The van der Waals surface area contributed by atoms with Crippen LogP contribution < -0.4 is 10.1 Å². The van der Waals surface area contributed by atoms with Crippen LogP contribution in [-0.2, 0) is 12.8 Å². The Balaban J connectivity index is 1.54. The summed E-state index contributed by atoms with van der Waals surface area (Å²) in [6, 6.07) is 7.84. The molecular weight excluding hydrogens is 330 g/mol. The van der Waals surface area contributed by atoms with Crippen molar-refractivity contribution in [3.05, 3.63) is 46.8 Å². The van der Waals surface area contributed by atoms with Gasteiger partial charge >= 0.3 is 0 Å². The summed E-state index contributed by atoms with van der Waals surface area (Å²) < 4.78 is 5.59. The number of H-pyrrole nitrogens is 1. The highest BCUT2D eigenvalue weighted by Gasteiger charge is 2.36. The van der Waals surface area contributed by atoms with Crippen LogP contribution in [0.4, 0.5) is 0 Å². The topological polar surface area (TPSA) is 87.2 Å². The second-order valence-electron chi connectivity index (χ2n) is 7.33. The molecule has 6 nitrogen and oxygen atoms in total. The minimum Gasteiger partial charge on any atom is -0.493 e. The van der Waals surface area contributed by atoms with E-state index in [0.29, 0.717) is 25.1 Å². The maximum absolute atomic E-state index is 12.7. The number of aromatic nitrogens is 2. The van der Waals surface area contributed by atoms with Crippen molar-refractivity contribution in [1.29, 1.82) is 0 Å². The van der Waals surface area contributed by atoms with Crippen LogP contribution in [0.5, 0.6) is 5.75 Å². The van der Waals surface area contributed by atoms with Crippen molar-refractivity contribution in [3.63, 3.8) is 0 Å². The monoisotopic (exact) mass is 355 g/mol. The predicted molar refractivity (Wildman–Crippen MR) is 97.2 cm³/mol. The molecule has 4 rings (SSSR count). The molecule has 2 aromatic rings. The van der Waals surface area contributed by atoms with Gasteiger partial charge in [-0.05, 0) is 54.5 Å². The number of rotatable bonds is 6. The van der Waals surface area contributed by atoms with E-state index in [-0.39, 0.29) is 24.0 Å². The van der Waals surface area contributed by atoms with Crippen molar-refractivity contribution in [2.45, 2.75) is 51.2 Å². The molecule has 0 saturated heterocycles. The van der Waals surface area contributed by atoms with Crippen molar-refractivity contribution in [1.82, 2.24) is 15.5 Å². The van der Waals surface area contributed by atoms with Crippen molar-refractivity contribution < 1.29 is 14.6 Å². The molecule has 1 unspecified atom stereocenters. The molecule has 1 aliphatic carbocycles. The van der Waals surface area contributed by atoms with Gasteiger partial charge in [0, 0.05) is 12.1 Å². The summed E-state index contributed by atoms with van der Waals surface area (Å²) in [5.41, 5.74) is 3.65. The molecule has 1 saturated carbocycles. The summed E-state index contributed by atoms with van der Waals surface area (Å²) in [5.74, 6) is 0.999. The van der Waals surface area contributed by atoms with E-state index in [4.69, 9.17) is 4.74 Å². The molecular formula is C20H25N3O3. The first-order valence-corrected chi connectivity index (χ1v) is 9.43. The predicted octanol–water partition coefficient (Wildman–Crippen LogP) is 2.54. The minimum absolute atomic E-state index is 0.122. The Morgan fingerprint density at radius 2 is 2.27 bits per heavy atom. The van der Waals surface area contributed by atoms with Crippen molar-refractivity contribution in [2.75, 3.05) is 6.61 Å². The van der Waals surface area contributed by atoms with Crippen LogP contribution in [0.3, 0.4) is 0 Å². The van der Waals surface area contributed by atoms with E-state index in [9.17, 15) is 9.90 Å². The van der Waals surface area contributed by atoms with Gasteiger partial charge in [0.25, 0.3) is 5.91 Å². The second-order valence-corrected chi connectivity index (χ2v) is 7.33. The molecule has 0 radical (unpaired) electrons. The molecule has 1 amide bonds. The lowest BCUT2D eigenvalue weighted by Crippen LogP contribution is -2.41. The Hall–Kier alpha value is -2.34. The summed E-state index contributed by atoms with van der Waals surface area (Å²) in [6.07, 6.45) is 3.93. The highest BCUT2D eigenvalue weighted by atomic mass is 16.5. The van der Waals surface area contributed by atoms with E-state index in [1.54, 1.807) is 0 Å². The van der Waals surface area contributed by atoms with Gasteiger partial charge in [-0.3, -0.25) is 9.89 Å². The smallest absolute Gasteiger partial charge is 0.272 e. The molecule has 2 heterocycles. The number of benzene rings is 1. The third kappa shape index (κ3) is 3.33. The summed E-state index contributed by atoms with van der Waals surface area (Å²) in [5, 5.41) is 20.0. The molecule has 138 valence electrons. The van der Waals surface area contributed by atoms with Gasteiger partial charge in [-0.2, -0.15) is 5.10 Å². The molecule has 1 atom stereocenters. The fourth-order valence-electron chi connectivity index (χ4n) is 3.87. The Kier molecular flexibility index (Phi) is 4.68. The van der Waals surface area contributed by atoms with Gasteiger partial charge < -0.3 is 15.2 Å². The van der Waals surface area contributed by atoms with E-state index < -0.39 is 0 Å². The normalized spacial score (nSPS) is 22.2. The number of aromatic amines is 1. The minimum atomic E-state index is -0.265. The highest BCUT2D eigenvalue weighted by molar-refractivity contribution is 5.92. The standard InChI is InChI=1S/C20H25N3O3/c1-2-3-15-11-17(23-22-15)20(25)21-19(14-9-16(24)10-14)13-4-5-18-12(8-13)6-7-26-18/h4-5,8,11,14,16,19,24H,2-3,6-7,9-10H2,1H3,(H,21,25)(H,22,23). The van der Waals surface area contributed by atoms with E-state index in [1.807, 2.05) is 18.2 Å². The molecule has 1 aromatic heterocycles. The number of aliphatic hydroxyl groups excluding tert-OH is 1. The van der Waals surface area contributed by atoms with Crippen molar-refractivity contribution >= 4 is 5.91 Å². The number of carbonyl (C=O) groups is 1. The number of ether oxygens (including phenoxy) is 1. The van der Waals surface area contributed by atoms with Crippen LogP contribution in [0.2, 0.25) is 0 Å². The molecule has 2 aliphatic rings. The molecule has 1 aliphatic heterocycles. The molecule has 1 fully saturated rings. The van der Waals surface area contributed by atoms with Gasteiger partial charge in [0.1, 0.15) is 11.4 Å². The van der Waals surface area contributed by atoms with E-state index in [1.165, 1.54) is 5.56 Å². The van der Waals surface area contributed by atoms with Gasteiger partial charge in [0.05, 0.1) is 18.8 Å². The number of carbonyl (C=O) groups excluding carboxylic acids is 1. The molecule has 0 spiro atoms. The van der Waals surface area contributed by atoms with Crippen molar-refractivity contribution in [3.8, 4) is 5.75 Å². The first-order chi connectivity index (χ1) is 12.6. The number of hydrogen-bond donors (Lipinski definition) is 3. The zero-order chi connectivity index (χ0) is 18.1. The quantitative estimate of drug-likeness (QED) is 0.743. The van der Waals surface area contributed by atoms with Crippen LogP contribution in [-0.4, -0.2) is 33.9 Å². The first-order valence-electron chi connectivity index (χ1n) is 9.43. The fraction of sp³-hybridized carbons (Fsp3) is 0.500. The van der Waals surface area contributed by atoms with Crippen LogP contribution in [0.1, 0.15) is 59.5 Å². The van der Waals surface area contributed by atoms with E-state index in [2.05, 4.69) is 28.5 Å². The number of nitrogens with zero attached hydrogens (tertiary/aromatic N) is 1. The van der Waals surface area contributed by atoms with Gasteiger partial charge in [-0.1, -0.05) is 19.4 Å². The van der Waals surface area contributed by atoms with Crippen LogP contribution >= 0.6 is 0 Å². The Labute approximate surface area is 153 Å². The van der Waals surface area contributed by atoms with Crippen molar-refractivity contribution in [2.24, 2.45) is 5.92 Å². The maximum Gasteiger partial charge on any atom is 0.272 e. The molecule has 0 bridgehead atoms. The fourth-order valence-corrected chi connectivity index (χ4v) is 3.87. The zero-order valence-electron chi connectivity index (χ0n) is 15.0. The number of hydrogen-bond acceptors (Lipinski definition) is 4. The Morgan fingerprint density at radius 1 is 1.42 bits per heavy atom. The second kappa shape index (κ2) is 7.11. The lowest BCUT2D eigenvalue weighted by Gasteiger charge is -2.38. The lowest BCUT2D eigenvalue weighted by molar-refractivity contribution is 0.0234. The maximum atomic E-state index is 12.7. The Morgan fingerprint density at radius 3 is 3.04 bits per heavy atom. The van der Waals surface area contributed by atoms with Gasteiger partial charge in [-0.25, -0.2) is 0 Å². The first kappa shape index (κ1) is 17.1. The Bertz CT molecular complexity index is 795. The molecule has 6 heteroatoms. The average Bonchev–Trinajstić information content (AvgIpc) is 3.26. The van der Waals surface area contributed by atoms with Gasteiger partial charge in [-0.15, -0.1) is 0 Å². The van der Waals surface area contributed by atoms with Crippen LogP contribution in [0.15, 0.2) is 24.3 Å². The third-order valence-corrected chi connectivity index (χ3v) is 5.36. The number of aryl methyl sites for hydroxylation is 1. The van der Waals surface area contributed by atoms with Crippen LogP contribution in [0.25, 0.3) is 0 Å². The summed E-state index contributed by atoms with van der Waals surface area (Å²) >= 11 is 0. The molecule has 3 N–H and O–H groups in total. The number of fused-ring (bicyclic) bond motifs is 1. The van der Waals surface area contributed by atoms with Gasteiger partial charge in [0.15, 0.2) is 0 Å². The molecule has 26 heavy (non-hydrogen) atoms. The highest BCUT2D eigenvalue weighted by Crippen LogP contribution is 2.39. The summed E-state index contributed by atoms with van der Waals surface area (Å²) in [6.45, 7) is 2.81. The SMILES string of the molecule is CCCc1cc(C(=O)NC(c2ccc3c(c2)CCO3)C2CC(O)C2)n[nH]1. The van der Waals surface area contributed by atoms with Crippen LogP contribution in [0, 0.1) is 5.92 Å². The lowest BCUT2D eigenvalue weighted by atomic mass is 9.75. The average molecular weight is 355 g/mol. The largest absolute Gasteiger partial charge is 0.493 e.